The van der Waals surface area contributed by atoms with Gasteiger partial charge in [-0.2, -0.15) is 0 Å². The van der Waals surface area contributed by atoms with Crippen LogP contribution in [0.15, 0.2) is 134 Å². The maximum atomic E-state index is 12.1. The van der Waals surface area contributed by atoms with Crippen molar-refractivity contribution in [3.63, 3.8) is 0 Å². The Kier molecular flexibility index (Phi) is 8.91. The average Bonchev–Trinajstić information content (AvgIpc) is 3.01. The van der Waals surface area contributed by atoms with Gasteiger partial charge in [-0.15, -0.1) is 0 Å². The number of nitrogens with one attached hydrogen (secondary N) is 2. The molecule has 39 heavy (non-hydrogen) atoms. The van der Waals surface area contributed by atoms with E-state index in [-0.39, 0.29) is 5.91 Å². The SMILES string of the molecule is O=C(NNC(=O)c1ccc(-c2ccccc2)cc1)c1ccncc1.O=C(O)c1ccc(-c2ccccc2)cc1. The van der Waals surface area contributed by atoms with E-state index in [1.54, 1.807) is 36.4 Å². The highest BCUT2D eigenvalue weighted by molar-refractivity contribution is 5.99. The maximum absolute atomic E-state index is 12.1. The van der Waals surface area contributed by atoms with Crippen molar-refractivity contribution >= 4 is 17.8 Å². The first-order valence-corrected chi connectivity index (χ1v) is 12.1. The third-order valence-electron chi connectivity index (χ3n) is 5.73. The van der Waals surface area contributed by atoms with E-state index in [0.717, 1.165) is 22.3 Å². The highest BCUT2D eigenvalue weighted by atomic mass is 16.4. The Morgan fingerprint density at radius 3 is 1.23 bits per heavy atom. The normalized spacial score (nSPS) is 9.95. The average molecular weight is 516 g/mol. The molecule has 0 spiro atoms. The van der Waals surface area contributed by atoms with Crippen LogP contribution in [0, 0.1) is 0 Å². The van der Waals surface area contributed by atoms with E-state index in [4.69, 9.17) is 5.11 Å². The molecular formula is C32H25N3O4. The number of nitrogens with zero attached hydrogens (tertiary/aromatic N) is 1. The molecule has 7 heteroatoms. The van der Waals surface area contributed by atoms with Crippen LogP contribution in [0.2, 0.25) is 0 Å². The maximum Gasteiger partial charge on any atom is 0.335 e. The van der Waals surface area contributed by atoms with Gasteiger partial charge < -0.3 is 5.11 Å². The number of benzene rings is 4. The zero-order valence-corrected chi connectivity index (χ0v) is 20.8. The van der Waals surface area contributed by atoms with E-state index in [9.17, 15) is 14.4 Å². The number of hydrogen-bond acceptors (Lipinski definition) is 4. The standard InChI is InChI=1S/C19H15N3O2.C13H10O2/c23-18(21-22-19(24)17-10-12-20-13-11-17)16-8-6-15(7-9-16)14-4-2-1-3-5-14;14-13(15)12-8-6-11(7-9-12)10-4-2-1-3-5-10/h1-13H,(H,21,23)(H,22,24);1-9H,(H,14,15). The molecule has 0 aliphatic rings. The summed E-state index contributed by atoms with van der Waals surface area (Å²) in [4.78, 5) is 38.4. The van der Waals surface area contributed by atoms with Crippen LogP contribution < -0.4 is 10.9 Å². The fourth-order valence-electron chi connectivity index (χ4n) is 3.64. The van der Waals surface area contributed by atoms with Crippen molar-refractivity contribution in [3.05, 3.63) is 150 Å². The van der Waals surface area contributed by atoms with E-state index in [1.165, 1.54) is 12.4 Å². The zero-order valence-electron chi connectivity index (χ0n) is 20.8. The van der Waals surface area contributed by atoms with E-state index in [2.05, 4.69) is 15.8 Å². The van der Waals surface area contributed by atoms with Gasteiger partial charge in [-0.1, -0.05) is 84.9 Å². The van der Waals surface area contributed by atoms with Crippen molar-refractivity contribution in [2.24, 2.45) is 0 Å². The molecule has 4 aromatic carbocycles. The number of carbonyl (C=O) groups excluding carboxylic acids is 2. The van der Waals surface area contributed by atoms with Gasteiger partial charge in [0.25, 0.3) is 11.8 Å². The summed E-state index contributed by atoms with van der Waals surface area (Å²) in [7, 11) is 0. The van der Waals surface area contributed by atoms with E-state index in [0.29, 0.717) is 16.7 Å². The highest BCUT2D eigenvalue weighted by Crippen LogP contribution is 2.20. The molecule has 0 fully saturated rings. The molecule has 0 saturated heterocycles. The van der Waals surface area contributed by atoms with Crippen LogP contribution in [0.5, 0.6) is 0 Å². The smallest absolute Gasteiger partial charge is 0.335 e. The summed E-state index contributed by atoms with van der Waals surface area (Å²) in [6.45, 7) is 0. The zero-order chi connectivity index (χ0) is 27.5. The Morgan fingerprint density at radius 2 is 0.821 bits per heavy atom. The van der Waals surface area contributed by atoms with Gasteiger partial charge in [0.2, 0.25) is 0 Å². The monoisotopic (exact) mass is 515 g/mol. The van der Waals surface area contributed by atoms with Crippen molar-refractivity contribution in [1.82, 2.24) is 15.8 Å². The van der Waals surface area contributed by atoms with Crippen LogP contribution >= 0.6 is 0 Å². The molecule has 0 saturated carbocycles. The molecule has 192 valence electrons. The minimum Gasteiger partial charge on any atom is -0.478 e. The molecule has 0 aliphatic carbocycles. The molecule has 3 N–H and O–H groups in total. The number of carboxylic acid groups (broad SMARTS) is 1. The van der Waals surface area contributed by atoms with Crippen LogP contribution in [-0.4, -0.2) is 27.9 Å². The van der Waals surface area contributed by atoms with E-state index >= 15 is 0 Å². The van der Waals surface area contributed by atoms with Crippen molar-refractivity contribution in [1.29, 1.82) is 0 Å². The molecule has 0 atom stereocenters. The van der Waals surface area contributed by atoms with E-state index < -0.39 is 11.9 Å². The molecular weight excluding hydrogens is 490 g/mol. The second-order valence-corrected chi connectivity index (χ2v) is 8.34. The Morgan fingerprint density at radius 1 is 0.462 bits per heavy atom. The lowest BCUT2D eigenvalue weighted by molar-refractivity contribution is 0.0696. The van der Waals surface area contributed by atoms with Gasteiger partial charge in [0.1, 0.15) is 0 Å². The largest absolute Gasteiger partial charge is 0.478 e. The lowest BCUT2D eigenvalue weighted by Crippen LogP contribution is -2.41. The van der Waals surface area contributed by atoms with Crippen LogP contribution in [0.25, 0.3) is 22.3 Å². The molecule has 0 bridgehead atoms. The number of hydrogen-bond donors (Lipinski definition) is 3. The number of pyridine rings is 1. The Labute approximate surface area is 225 Å². The predicted molar refractivity (Wildman–Crippen MR) is 150 cm³/mol. The number of carbonyl (C=O) groups is 3. The van der Waals surface area contributed by atoms with Crippen LogP contribution in [-0.2, 0) is 0 Å². The van der Waals surface area contributed by atoms with Gasteiger partial charge >= 0.3 is 5.97 Å². The van der Waals surface area contributed by atoms with Crippen LogP contribution in [0.3, 0.4) is 0 Å². The summed E-state index contributed by atoms with van der Waals surface area (Å²) in [5.41, 5.74) is 10.2. The van der Waals surface area contributed by atoms with Gasteiger partial charge in [-0.25, -0.2) is 4.79 Å². The molecule has 2 amide bonds. The van der Waals surface area contributed by atoms with Crippen molar-refractivity contribution in [3.8, 4) is 22.3 Å². The fourth-order valence-corrected chi connectivity index (χ4v) is 3.64. The van der Waals surface area contributed by atoms with Crippen molar-refractivity contribution in [2.45, 2.75) is 0 Å². The van der Waals surface area contributed by atoms with Gasteiger partial charge in [0, 0.05) is 23.5 Å². The molecule has 0 aliphatic heterocycles. The lowest BCUT2D eigenvalue weighted by Gasteiger charge is -2.08. The summed E-state index contributed by atoms with van der Waals surface area (Å²) >= 11 is 0. The van der Waals surface area contributed by atoms with Gasteiger partial charge in [-0.05, 0) is 58.7 Å². The number of aromatic carboxylic acids is 1. The summed E-state index contributed by atoms with van der Waals surface area (Å²) in [5.74, 6) is -1.67. The minimum atomic E-state index is -0.894. The molecule has 5 rings (SSSR count). The molecule has 1 heterocycles. The number of amides is 2. The van der Waals surface area contributed by atoms with Gasteiger partial charge in [0.05, 0.1) is 5.56 Å². The summed E-state index contributed by atoms with van der Waals surface area (Å²) in [6, 6.07) is 36.9. The molecule has 1 aromatic heterocycles. The van der Waals surface area contributed by atoms with Crippen LogP contribution in [0.1, 0.15) is 31.1 Å². The number of rotatable bonds is 5. The molecule has 5 aromatic rings. The molecule has 0 unspecified atom stereocenters. The second kappa shape index (κ2) is 13.1. The van der Waals surface area contributed by atoms with Gasteiger partial charge in [-0.3, -0.25) is 25.4 Å². The van der Waals surface area contributed by atoms with E-state index in [1.807, 2.05) is 84.9 Å². The first kappa shape index (κ1) is 26.5. The molecule has 7 nitrogen and oxygen atoms in total. The Hall–Kier alpha value is -5.56. The first-order chi connectivity index (χ1) is 19.0. The minimum absolute atomic E-state index is 0.315. The topological polar surface area (TPSA) is 108 Å². The molecule has 0 radical (unpaired) electrons. The van der Waals surface area contributed by atoms with Crippen molar-refractivity contribution < 1.29 is 19.5 Å². The quantitative estimate of drug-likeness (QED) is 0.254. The lowest BCUT2D eigenvalue weighted by atomic mass is 10.0. The Balaban J connectivity index is 0.000000202. The number of hydrazine groups is 1. The van der Waals surface area contributed by atoms with Gasteiger partial charge in [0.15, 0.2) is 0 Å². The summed E-state index contributed by atoms with van der Waals surface area (Å²) in [5, 5.41) is 8.75. The highest BCUT2D eigenvalue weighted by Gasteiger charge is 2.09. The summed E-state index contributed by atoms with van der Waals surface area (Å²) in [6.07, 6.45) is 3.03. The predicted octanol–water partition coefficient (Wildman–Crippen LogP) is 5.88. The third kappa shape index (κ3) is 7.47. The first-order valence-electron chi connectivity index (χ1n) is 12.1. The third-order valence-corrected chi connectivity index (χ3v) is 5.73. The Bertz CT molecular complexity index is 1520. The number of carboxylic acids is 1. The van der Waals surface area contributed by atoms with Crippen LogP contribution in [0.4, 0.5) is 0 Å². The second-order valence-electron chi connectivity index (χ2n) is 8.34. The summed E-state index contributed by atoms with van der Waals surface area (Å²) < 4.78 is 0. The number of aromatic nitrogens is 1. The van der Waals surface area contributed by atoms with Crippen molar-refractivity contribution in [2.75, 3.05) is 0 Å². The fraction of sp³-hybridized carbons (Fsp3) is 0.